The highest BCUT2D eigenvalue weighted by Gasteiger charge is 2.25. The molecule has 0 radical (unpaired) electrons. The minimum atomic E-state index is -2.31. The first kappa shape index (κ1) is 12.7. The maximum absolute atomic E-state index is 11.9. The van der Waals surface area contributed by atoms with Gasteiger partial charge in [-0.2, -0.15) is 0 Å². The van der Waals surface area contributed by atoms with E-state index in [0.717, 1.165) is 19.4 Å². The summed E-state index contributed by atoms with van der Waals surface area (Å²) in [7, 11) is 0. The van der Waals surface area contributed by atoms with Crippen molar-refractivity contribution in [3.8, 4) is 0 Å². The monoisotopic (exact) mass is 236 g/mol. The van der Waals surface area contributed by atoms with E-state index in [2.05, 4.69) is 24.2 Å². The lowest BCUT2D eigenvalue weighted by molar-refractivity contribution is 0.152. The van der Waals surface area contributed by atoms with Crippen LogP contribution in [0.25, 0.3) is 0 Å². The third kappa shape index (κ3) is 3.97. The standard InChI is InChI=1S/C10H18F2N2S/c1-3-7(4-2)8-5-13-10(15-8)14-6-9(11)12/h7-9H,3-6H2,1-2H3,(H,13,14). The molecule has 0 saturated carbocycles. The van der Waals surface area contributed by atoms with Crippen LogP contribution in [0.5, 0.6) is 0 Å². The van der Waals surface area contributed by atoms with Gasteiger partial charge in [0.25, 0.3) is 6.43 Å². The normalized spacial score (nSPS) is 21.2. The van der Waals surface area contributed by atoms with E-state index in [0.29, 0.717) is 16.3 Å². The Bertz CT molecular complexity index is 217. The number of nitrogens with zero attached hydrogens (tertiary/aromatic N) is 1. The zero-order valence-electron chi connectivity index (χ0n) is 9.17. The second-order valence-corrected chi connectivity index (χ2v) is 4.88. The number of rotatable bonds is 5. The van der Waals surface area contributed by atoms with Gasteiger partial charge in [0, 0.05) is 5.25 Å². The summed E-state index contributed by atoms with van der Waals surface area (Å²) in [5.74, 6) is 0.643. The fourth-order valence-corrected chi connectivity index (χ4v) is 3.04. The average molecular weight is 236 g/mol. The minimum absolute atomic E-state index is 0.290. The van der Waals surface area contributed by atoms with Crippen LogP contribution in [0.3, 0.4) is 0 Å². The van der Waals surface area contributed by atoms with Crippen LogP contribution in [0.15, 0.2) is 4.99 Å². The van der Waals surface area contributed by atoms with Gasteiger partial charge in [0.05, 0.1) is 13.1 Å². The van der Waals surface area contributed by atoms with Crippen LogP contribution in [0, 0.1) is 5.92 Å². The molecule has 0 aliphatic carbocycles. The third-order valence-electron chi connectivity index (χ3n) is 2.66. The Morgan fingerprint density at radius 3 is 2.67 bits per heavy atom. The molecule has 0 amide bonds. The van der Waals surface area contributed by atoms with Crippen molar-refractivity contribution in [2.45, 2.75) is 38.4 Å². The van der Waals surface area contributed by atoms with E-state index in [4.69, 9.17) is 0 Å². The summed E-state index contributed by atoms with van der Waals surface area (Å²) in [4.78, 5) is 4.24. The van der Waals surface area contributed by atoms with E-state index in [-0.39, 0.29) is 6.54 Å². The highest BCUT2D eigenvalue weighted by molar-refractivity contribution is 8.14. The number of nitrogens with one attached hydrogen (secondary N) is 1. The predicted octanol–water partition coefficient (Wildman–Crippen LogP) is 2.75. The first-order chi connectivity index (χ1) is 7.17. The highest BCUT2D eigenvalue weighted by Crippen LogP contribution is 2.30. The fourth-order valence-electron chi connectivity index (χ4n) is 1.71. The van der Waals surface area contributed by atoms with Gasteiger partial charge in [0.15, 0.2) is 5.17 Å². The number of thioether (sulfide) groups is 1. The Kier molecular flexibility index (Phi) is 5.36. The van der Waals surface area contributed by atoms with Crippen LogP contribution >= 0.6 is 11.8 Å². The molecular weight excluding hydrogens is 218 g/mol. The lowest BCUT2D eigenvalue weighted by atomic mass is 9.99. The van der Waals surface area contributed by atoms with Gasteiger partial charge in [-0.1, -0.05) is 38.5 Å². The molecule has 0 aromatic heterocycles. The van der Waals surface area contributed by atoms with Crippen LogP contribution in [0.4, 0.5) is 8.78 Å². The third-order valence-corrected chi connectivity index (χ3v) is 3.99. The van der Waals surface area contributed by atoms with Gasteiger partial charge >= 0.3 is 0 Å². The molecule has 2 nitrogen and oxygen atoms in total. The van der Waals surface area contributed by atoms with E-state index in [1.54, 1.807) is 11.8 Å². The van der Waals surface area contributed by atoms with Crippen molar-refractivity contribution in [1.82, 2.24) is 5.32 Å². The molecule has 1 rings (SSSR count). The second-order valence-electron chi connectivity index (χ2n) is 3.65. The van der Waals surface area contributed by atoms with Crippen molar-refractivity contribution in [2.75, 3.05) is 13.1 Å². The molecule has 1 N–H and O–H groups in total. The Morgan fingerprint density at radius 1 is 1.47 bits per heavy atom. The first-order valence-corrected chi connectivity index (χ1v) is 6.28. The zero-order chi connectivity index (χ0) is 11.3. The van der Waals surface area contributed by atoms with Gasteiger partial charge in [0.1, 0.15) is 0 Å². The maximum atomic E-state index is 11.9. The molecule has 1 atom stereocenters. The molecule has 0 saturated heterocycles. The number of aliphatic imine (C=N–C) groups is 1. The fraction of sp³-hybridized carbons (Fsp3) is 0.900. The molecule has 1 aliphatic heterocycles. The van der Waals surface area contributed by atoms with Gasteiger partial charge in [-0.25, -0.2) is 8.78 Å². The van der Waals surface area contributed by atoms with E-state index in [1.165, 1.54) is 0 Å². The molecular formula is C10H18F2N2S. The first-order valence-electron chi connectivity index (χ1n) is 5.40. The van der Waals surface area contributed by atoms with E-state index < -0.39 is 6.43 Å². The number of amidine groups is 1. The van der Waals surface area contributed by atoms with Crippen LogP contribution in [0.1, 0.15) is 26.7 Å². The topological polar surface area (TPSA) is 24.4 Å². The second kappa shape index (κ2) is 6.30. The number of alkyl halides is 2. The summed E-state index contributed by atoms with van der Waals surface area (Å²) in [5, 5.41) is 3.84. The minimum Gasteiger partial charge on any atom is -0.359 e. The van der Waals surface area contributed by atoms with E-state index in [9.17, 15) is 8.78 Å². The van der Waals surface area contributed by atoms with Gasteiger partial charge < -0.3 is 5.32 Å². The summed E-state index contributed by atoms with van der Waals surface area (Å²) in [6.07, 6.45) is -0.0436. The maximum Gasteiger partial charge on any atom is 0.255 e. The number of hydrogen-bond donors (Lipinski definition) is 1. The van der Waals surface area contributed by atoms with Crippen molar-refractivity contribution in [1.29, 1.82) is 0 Å². The SMILES string of the molecule is CCC(CC)C1CN=C(NCC(F)F)S1. The Labute approximate surface area is 93.9 Å². The quantitative estimate of drug-likeness (QED) is 0.793. The highest BCUT2D eigenvalue weighted by atomic mass is 32.2. The van der Waals surface area contributed by atoms with Gasteiger partial charge in [-0.05, 0) is 5.92 Å². The van der Waals surface area contributed by atoms with Crippen molar-refractivity contribution in [2.24, 2.45) is 10.9 Å². The van der Waals surface area contributed by atoms with Crippen LogP contribution < -0.4 is 5.32 Å². The van der Waals surface area contributed by atoms with Gasteiger partial charge in [-0.3, -0.25) is 4.99 Å². The smallest absolute Gasteiger partial charge is 0.255 e. The van der Waals surface area contributed by atoms with Crippen molar-refractivity contribution in [3.05, 3.63) is 0 Å². The Morgan fingerprint density at radius 2 is 2.13 bits per heavy atom. The number of halogens is 2. The van der Waals surface area contributed by atoms with Gasteiger partial charge in [0.2, 0.25) is 0 Å². The van der Waals surface area contributed by atoms with Gasteiger partial charge in [-0.15, -0.1) is 0 Å². The molecule has 1 unspecified atom stereocenters. The zero-order valence-corrected chi connectivity index (χ0v) is 9.99. The van der Waals surface area contributed by atoms with Crippen LogP contribution in [-0.2, 0) is 0 Å². The summed E-state index contributed by atoms with van der Waals surface area (Å²) in [6.45, 7) is 4.81. The summed E-state index contributed by atoms with van der Waals surface area (Å²) in [5.41, 5.74) is 0. The molecule has 0 spiro atoms. The summed E-state index contributed by atoms with van der Waals surface area (Å²) in [6, 6.07) is 0. The molecule has 5 heteroatoms. The molecule has 0 aromatic carbocycles. The summed E-state index contributed by atoms with van der Waals surface area (Å²) >= 11 is 1.62. The lowest BCUT2D eigenvalue weighted by Crippen LogP contribution is -2.26. The largest absolute Gasteiger partial charge is 0.359 e. The summed E-state index contributed by atoms with van der Waals surface area (Å²) < 4.78 is 23.9. The molecule has 0 bridgehead atoms. The molecule has 15 heavy (non-hydrogen) atoms. The molecule has 0 aromatic rings. The molecule has 1 aliphatic rings. The predicted molar refractivity (Wildman–Crippen MR) is 61.8 cm³/mol. The van der Waals surface area contributed by atoms with Crippen molar-refractivity contribution in [3.63, 3.8) is 0 Å². The lowest BCUT2D eigenvalue weighted by Gasteiger charge is -2.18. The Hall–Kier alpha value is -0.320. The molecule has 1 heterocycles. The van der Waals surface area contributed by atoms with E-state index in [1.807, 2.05) is 0 Å². The van der Waals surface area contributed by atoms with Crippen molar-refractivity contribution >= 4 is 16.9 Å². The van der Waals surface area contributed by atoms with E-state index >= 15 is 0 Å². The molecule has 88 valence electrons. The average Bonchev–Trinajstić information content (AvgIpc) is 2.65. The van der Waals surface area contributed by atoms with Crippen LogP contribution in [-0.4, -0.2) is 29.9 Å². The van der Waals surface area contributed by atoms with Crippen LogP contribution in [0.2, 0.25) is 0 Å². The molecule has 0 fully saturated rings. The Balaban J connectivity index is 2.30. The number of hydrogen-bond acceptors (Lipinski definition) is 3. The van der Waals surface area contributed by atoms with Crippen molar-refractivity contribution < 1.29 is 8.78 Å².